The van der Waals surface area contributed by atoms with Crippen molar-refractivity contribution in [3.63, 3.8) is 0 Å². The third kappa shape index (κ3) is 3.01. The summed E-state index contributed by atoms with van der Waals surface area (Å²) in [6, 6.07) is 4.19. The highest BCUT2D eigenvalue weighted by Gasteiger charge is 2.52. The maximum Gasteiger partial charge on any atom is 0.227 e. The Morgan fingerprint density at radius 2 is 2.21 bits per heavy atom. The van der Waals surface area contributed by atoms with Crippen LogP contribution < -0.4 is 5.32 Å². The zero-order valence-electron chi connectivity index (χ0n) is 17.8. The average Bonchev–Trinajstić information content (AvgIpc) is 3.54. The number of likely N-dealkylation sites (N-methyl/N-ethyl adjacent to an activating group) is 1. The number of rotatable bonds is 3. The van der Waals surface area contributed by atoms with Gasteiger partial charge in [-0.05, 0) is 55.5 Å². The first-order valence-electron chi connectivity index (χ1n) is 11.0. The second kappa shape index (κ2) is 7.30. The highest BCUT2D eigenvalue weighted by atomic mass is 35.5. The van der Waals surface area contributed by atoms with Crippen molar-refractivity contribution in [2.45, 2.75) is 37.9 Å². The molecule has 3 aromatic heterocycles. The minimum atomic E-state index is 0.0578. The summed E-state index contributed by atoms with van der Waals surface area (Å²) < 4.78 is 4.96. The van der Waals surface area contributed by atoms with E-state index in [0.717, 1.165) is 64.2 Å². The second-order valence-corrected chi connectivity index (χ2v) is 11.4. The van der Waals surface area contributed by atoms with E-state index in [-0.39, 0.29) is 5.92 Å². The lowest BCUT2D eigenvalue weighted by molar-refractivity contribution is -0.147. The van der Waals surface area contributed by atoms with Gasteiger partial charge in [0.05, 0.1) is 27.0 Å². The van der Waals surface area contributed by atoms with Gasteiger partial charge in [-0.15, -0.1) is 16.4 Å². The first-order chi connectivity index (χ1) is 16.1. The molecule has 3 atom stereocenters. The molecule has 8 rings (SSSR count). The Hall–Kier alpha value is -2.40. The Balaban J connectivity index is 1.20. The van der Waals surface area contributed by atoms with Crippen LogP contribution in [0.2, 0.25) is 5.02 Å². The molecule has 3 saturated heterocycles. The number of halogens is 1. The molecule has 1 amide bonds. The molecule has 0 saturated carbocycles. The average molecular weight is 498 g/mol. The van der Waals surface area contributed by atoms with Gasteiger partial charge in [0.1, 0.15) is 22.5 Å². The fourth-order valence-electron chi connectivity index (χ4n) is 5.56. The number of hydrogen-bond acceptors (Lipinski definition) is 9. The van der Waals surface area contributed by atoms with E-state index in [1.54, 1.807) is 17.7 Å². The van der Waals surface area contributed by atoms with E-state index in [9.17, 15) is 4.79 Å². The SMILES string of the molecule is CN1CC2CC1N2C(=O)[C@H]1CCc2c(sc3ncnc(Nc4cc5snnc5cc4Cl)c23)C1. The van der Waals surface area contributed by atoms with Crippen LogP contribution in [0.25, 0.3) is 20.4 Å². The Bertz CT molecular complexity index is 1440. The highest BCUT2D eigenvalue weighted by molar-refractivity contribution is 7.19. The molecule has 6 heterocycles. The Morgan fingerprint density at radius 1 is 1.30 bits per heavy atom. The first-order valence-corrected chi connectivity index (χ1v) is 13.0. The molecule has 1 aliphatic carbocycles. The monoisotopic (exact) mass is 497 g/mol. The van der Waals surface area contributed by atoms with Crippen LogP contribution >= 0.6 is 34.5 Å². The quantitative estimate of drug-likeness (QED) is 0.456. The first kappa shape index (κ1) is 20.0. The lowest BCUT2D eigenvalue weighted by Crippen LogP contribution is -2.56. The van der Waals surface area contributed by atoms with E-state index >= 15 is 0 Å². The van der Waals surface area contributed by atoms with Gasteiger partial charge < -0.3 is 10.2 Å². The van der Waals surface area contributed by atoms with Crippen molar-refractivity contribution < 1.29 is 4.79 Å². The predicted octanol–water partition coefficient (Wildman–Crippen LogP) is 4.07. The number of thiophene rings is 1. The van der Waals surface area contributed by atoms with Crippen LogP contribution in [0.1, 0.15) is 23.3 Å². The van der Waals surface area contributed by atoms with Gasteiger partial charge in [-0.2, -0.15) is 0 Å². The second-order valence-electron chi connectivity index (χ2n) is 9.10. The molecule has 33 heavy (non-hydrogen) atoms. The van der Waals surface area contributed by atoms with Crippen molar-refractivity contribution in [1.82, 2.24) is 29.4 Å². The van der Waals surface area contributed by atoms with Gasteiger partial charge in [0.15, 0.2) is 0 Å². The molecule has 168 valence electrons. The molecule has 0 spiro atoms. The largest absolute Gasteiger partial charge is 0.338 e. The summed E-state index contributed by atoms with van der Waals surface area (Å²) in [5.74, 6) is 1.14. The molecule has 3 aliphatic heterocycles. The van der Waals surface area contributed by atoms with Gasteiger partial charge in [0.25, 0.3) is 0 Å². The van der Waals surface area contributed by atoms with Gasteiger partial charge in [-0.25, -0.2) is 9.97 Å². The lowest BCUT2D eigenvalue weighted by atomic mass is 9.85. The number of fused-ring (bicyclic) bond motifs is 5. The smallest absolute Gasteiger partial charge is 0.227 e. The summed E-state index contributed by atoms with van der Waals surface area (Å²) in [7, 11) is 2.12. The summed E-state index contributed by atoms with van der Waals surface area (Å²) in [6.07, 6.45) is 5.53. The molecule has 1 aromatic carbocycles. The molecule has 0 radical (unpaired) electrons. The number of aryl methyl sites for hydroxylation is 1. The van der Waals surface area contributed by atoms with E-state index in [1.807, 2.05) is 12.1 Å². The molecular weight excluding hydrogens is 478 g/mol. The summed E-state index contributed by atoms with van der Waals surface area (Å²) in [5.41, 5.74) is 2.83. The van der Waals surface area contributed by atoms with E-state index in [0.29, 0.717) is 23.1 Å². The molecule has 4 aliphatic rings. The Morgan fingerprint density at radius 3 is 3.03 bits per heavy atom. The molecular formula is C22H20ClN7OS2. The maximum absolute atomic E-state index is 13.3. The van der Waals surface area contributed by atoms with E-state index in [2.05, 4.69) is 41.7 Å². The third-order valence-electron chi connectivity index (χ3n) is 7.24. The zero-order chi connectivity index (χ0) is 22.3. The standard InChI is InChI=1S/C22H20ClN7OS2/c1-29-8-11-5-18(29)30(11)22(31)10-2-3-12-16(4-10)32-21-19(12)20(24-9-25-21)26-14-7-17-15(6-13(14)23)27-28-33-17/h6-7,9-11,18H,2-5,8H2,1H3,(H,24,25,26)/t10-,11?,18?/m0/s1. The fraction of sp³-hybridized carbons (Fsp3) is 0.409. The number of anilines is 2. The van der Waals surface area contributed by atoms with E-state index in [1.165, 1.54) is 22.0 Å². The summed E-state index contributed by atoms with van der Waals surface area (Å²) in [4.78, 5) is 29.0. The lowest BCUT2D eigenvalue weighted by Gasteiger charge is -2.43. The number of hydrogen-bond donors (Lipinski definition) is 1. The van der Waals surface area contributed by atoms with Crippen LogP contribution in [0.4, 0.5) is 11.5 Å². The minimum Gasteiger partial charge on any atom is -0.338 e. The van der Waals surface area contributed by atoms with Gasteiger partial charge in [-0.3, -0.25) is 9.69 Å². The maximum atomic E-state index is 13.3. The van der Waals surface area contributed by atoms with Crippen molar-refractivity contribution in [3.05, 3.63) is 33.9 Å². The van der Waals surface area contributed by atoms with Crippen LogP contribution in [0.3, 0.4) is 0 Å². The van der Waals surface area contributed by atoms with Crippen molar-refractivity contribution in [2.24, 2.45) is 5.92 Å². The minimum absolute atomic E-state index is 0.0578. The van der Waals surface area contributed by atoms with Crippen LogP contribution in [0.5, 0.6) is 0 Å². The molecule has 8 nitrogen and oxygen atoms in total. The van der Waals surface area contributed by atoms with Crippen molar-refractivity contribution in [2.75, 3.05) is 18.9 Å². The zero-order valence-corrected chi connectivity index (χ0v) is 20.2. The van der Waals surface area contributed by atoms with Gasteiger partial charge in [0, 0.05) is 29.8 Å². The van der Waals surface area contributed by atoms with Crippen LogP contribution in [0.15, 0.2) is 18.5 Å². The fourth-order valence-corrected chi connectivity index (χ4v) is 7.62. The summed E-state index contributed by atoms with van der Waals surface area (Å²) in [5, 5.41) is 9.13. The number of amides is 1. The highest BCUT2D eigenvalue weighted by Crippen LogP contribution is 2.44. The van der Waals surface area contributed by atoms with Gasteiger partial charge in [-0.1, -0.05) is 16.1 Å². The normalized spacial score (nSPS) is 24.3. The third-order valence-corrected chi connectivity index (χ3v) is 9.41. The van der Waals surface area contributed by atoms with Crippen LogP contribution in [0, 0.1) is 5.92 Å². The summed E-state index contributed by atoms with van der Waals surface area (Å²) >= 11 is 9.53. The molecule has 1 N–H and O–H groups in total. The predicted molar refractivity (Wildman–Crippen MR) is 130 cm³/mol. The van der Waals surface area contributed by atoms with Crippen molar-refractivity contribution in [3.8, 4) is 0 Å². The van der Waals surface area contributed by atoms with Crippen molar-refractivity contribution in [1.29, 1.82) is 0 Å². The van der Waals surface area contributed by atoms with Gasteiger partial charge >= 0.3 is 0 Å². The van der Waals surface area contributed by atoms with E-state index in [4.69, 9.17) is 11.6 Å². The van der Waals surface area contributed by atoms with Crippen molar-refractivity contribution >= 4 is 72.3 Å². The number of nitrogens with zero attached hydrogens (tertiary/aromatic N) is 6. The van der Waals surface area contributed by atoms with Gasteiger partial charge in [0.2, 0.25) is 5.91 Å². The number of carbonyl (C=O) groups is 1. The number of carbonyl (C=O) groups excluding carboxylic acids is 1. The molecule has 2 unspecified atom stereocenters. The van der Waals surface area contributed by atoms with Crippen LogP contribution in [-0.2, 0) is 17.6 Å². The topological polar surface area (TPSA) is 87.1 Å². The Labute approximate surface area is 202 Å². The molecule has 11 heteroatoms. The number of benzene rings is 1. The van der Waals surface area contributed by atoms with Crippen LogP contribution in [-0.4, -0.2) is 61.1 Å². The molecule has 3 fully saturated rings. The molecule has 2 bridgehead atoms. The summed E-state index contributed by atoms with van der Waals surface area (Å²) in [6.45, 7) is 1.01. The number of aromatic nitrogens is 4. The number of nitrogens with one attached hydrogen (secondary N) is 1. The molecule has 4 aromatic rings. The van der Waals surface area contributed by atoms with E-state index < -0.39 is 0 Å². The Kier molecular flexibility index (Phi) is 4.43.